The molecule has 1 aromatic rings. The molecule has 4 heteroatoms. The number of carbonyl (C=O) groups excluding carboxylic acids is 1. The monoisotopic (exact) mass is 212 g/mol. The zero-order chi connectivity index (χ0) is 10.6. The molecule has 1 rings (SSSR count). The molecule has 0 aromatic carbocycles. The highest BCUT2D eigenvalue weighted by molar-refractivity contribution is 7.12. The van der Waals surface area contributed by atoms with E-state index in [1.165, 1.54) is 11.3 Å². The van der Waals surface area contributed by atoms with Crippen LogP contribution in [0.25, 0.3) is 0 Å². The van der Waals surface area contributed by atoms with Crippen molar-refractivity contribution in [1.29, 1.82) is 0 Å². The molecule has 0 fully saturated rings. The molecule has 0 bridgehead atoms. The number of Topliss-reactive ketones (excluding diaryl/α,β-unsaturated/α-hetero) is 1. The summed E-state index contributed by atoms with van der Waals surface area (Å²) in [4.78, 5) is 22.9. The number of thiophene rings is 1. The fraction of sp³-hybridized carbons (Fsp3) is 0.400. The minimum absolute atomic E-state index is 0.0510. The molecular weight excluding hydrogens is 200 g/mol. The van der Waals surface area contributed by atoms with Gasteiger partial charge < -0.3 is 5.11 Å². The number of hydrogen-bond acceptors (Lipinski definition) is 3. The quantitative estimate of drug-likeness (QED) is 0.762. The Morgan fingerprint density at radius 1 is 1.57 bits per heavy atom. The van der Waals surface area contributed by atoms with Crippen molar-refractivity contribution >= 4 is 23.1 Å². The second-order valence-electron chi connectivity index (χ2n) is 3.04. The molecule has 0 spiro atoms. The molecule has 0 aliphatic rings. The van der Waals surface area contributed by atoms with Gasteiger partial charge in [-0.2, -0.15) is 0 Å². The maximum atomic E-state index is 11.7. The number of carboxylic acid groups (broad SMARTS) is 1. The number of carbonyl (C=O) groups is 2. The molecule has 0 radical (unpaired) electrons. The molecule has 1 N–H and O–H groups in total. The van der Waals surface area contributed by atoms with Crippen LogP contribution in [0.2, 0.25) is 0 Å². The standard InChI is InChI=1S/C10H12O3S/c1-2-7(6-9(11)12)10(13)8-4-3-5-14-8/h3-5,7H,2,6H2,1H3,(H,11,12). The van der Waals surface area contributed by atoms with Gasteiger partial charge in [0.15, 0.2) is 5.78 Å². The van der Waals surface area contributed by atoms with Gasteiger partial charge in [-0.1, -0.05) is 13.0 Å². The third kappa shape index (κ3) is 2.67. The van der Waals surface area contributed by atoms with E-state index in [4.69, 9.17) is 5.11 Å². The van der Waals surface area contributed by atoms with Crippen LogP contribution in [-0.2, 0) is 4.79 Å². The van der Waals surface area contributed by atoms with Gasteiger partial charge >= 0.3 is 5.97 Å². The lowest BCUT2D eigenvalue weighted by Gasteiger charge is -2.08. The Labute approximate surface area is 86.4 Å². The minimum atomic E-state index is -0.915. The Balaban J connectivity index is 2.70. The van der Waals surface area contributed by atoms with Crippen molar-refractivity contribution in [2.75, 3.05) is 0 Å². The highest BCUT2D eigenvalue weighted by Crippen LogP contribution is 2.19. The second kappa shape index (κ2) is 4.91. The normalized spacial score (nSPS) is 12.4. The summed E-state index contributed by atoms with van der Waals surface area (Å²) in [6.07, 6.45) is 0.496. The molecule has 0 amide bonds. The van der Waals surface area contributed by atoms with E-state index < -0.39 is 5.97 Å². The number of hydrogen-bond donors (Lipinski definition) is 1. The Morgan fingerprint density at radius 3 is 2.71 bits per heavy atom. The van der Waals surface area contributed by atoms with E-state index in [0.717, 1.165) is 0 Å². The van der Waals surface area contributed by atoms with E-state index in [0.29, 0.717) is 11.3 Å². The van der Waals surface area contributed by atoms with Gasteiger partial charge in [0.2, 0.25) is 0 Å². The van der Waals surface area contributed by atoms with Crippen LogP contribution in [-0.4, -0.2) is 16.9 Å². The molecule has 0 saturated carbocycles. The van der Waals surface area contributed by atoms with Crippen LogP contribution in [0.5, 0.6) is 0 Å². The fourth-order valence-electron chi connectivity index (χ4n) is 1.25. The maximum Gasteiger partial charge on any atom is 0.304 e. The summed E-state index contributed by atoms with van der Waals surface area (Å²) < 4.78 is 0. The molecule has 1 aromatic heterocycles. The lowest BCUT2D eigenvalue weighted by Crippen LogP contribution is -2.16. The Kier molecular flexibility index (Phi) is 3.83. The molecule has 1 heterocycles. The summed E-state index contributed by atoms with van der Waals surface area (Å²) in [7, 11) is 0. The molecule has 0 aliphatic carbocycles. The van der Waals surface area contributed by atoms with E-state index in [1.807, 2.05) is 12.3 Å². The predicted molar refractivity (Wildman–Crippen MR) is 54.7 cm³/mol. The molecule has 0 saturated heterocycles. The van der Waals surface area contributed by atoms with Crippen molar-refractivity contribution in [3.8, 4) is 0 Å². The predicted octanol–water partition coefficient (Wildman–Crippen LogP) is 2.43. The van der Waals surface area contributed by atoms with E-state index in [1.54, 1.807) is 12.1 Å². The summed E-state index contributed by atoms with van der Waals surface area (Å²) in [5.74, 6) is -1.35. The van der Waals surface area contributed by atoms with Crippen molar-refractivity contribution in [1.82, 2.24) is 0 Å². The van der Waals surface area contributed by atoms with Gasteiger partial charge in [-0.05, 0) is 17.9 Å². The number of rotatable bonds is 5. The first-order chi connectivity index (χ1) is 6.65. The lowest BCUT2D eigenvalue weighted by molar-refractivity contribution is -0.137. The van der Waals surface area contributed by atoms with E-state index in [-0.39, 0.29) is 18.1 Å². The van der Waals surface area contributed by atoms with Crippen molar-refractivity contribution < 1.29 is 14.7 Å². The van der Waals surface area contributed by atoms with Gasteiger partial charge in [-0.25, -0.2) is 0 Å². The summed E-state index contributed by atoms with van der Waals surface area (Å²) in [6, 6.07) is 3.53. The van der Waals surface area contributed by atoms with Crippen molar-refractivity contribution in [3.63, 3.8) is 0 Å². The van der Waals surface area contributed by atoms with Gasteiger partial charge in [-0.3, -0.25) is 9.59 Å². The van der Waals surface area contributed by atoms with Crippen molar-refractivity contribution in [3.05, 3.63) is 22.4 Å². The van der Waals surface area contributed by atoms with Crippen LogP contribution in [0.15, 0.2) is 17.5 Å². The third-order valence-corrected chi connectivity index (χ3v) is 2.93. The average Bonchev–Trinajstić information content (AvgIpc) is 2.65. The minimum Gasteiger partial charge on any atom is -0.481 e. The van der Waals surface area contributed by atoms with E-state index in [2.05, 4.69) is 0 Å². The molecule has 1 unspecified atom stereocenters. The largest absolute Gasteiger partial charge is 0.481 e. The highest BCUT2D eigenvalue weighted by Gasteiger charge is 2.21. The molecular formula is C10H12O3S. The Hall–Kier alpha value is -1.16. The fourth-order valence-corrected chi connectivity index (χ4v) is 2.00. The summed E-state index contributed by atoms with van der Waals surface area (Å²) in [5.41, 5.74) is 0. The number of aliphatic carboxylic acids is 1. The van der Waals surface area contributed by atoms with Crippen molar-refractivity contribution in [2.45, 2.75) is 19.8 Å². The first-order valence-electron chi connectivity index (χ1n) is 4.44. The van der Waals surface area contributed by atoms with Gasteiger partial charge in [0.05, 0.1) is 11.3 Å². The number of carboxylic acids is 1. The first kappa shape index (κ1) is 10.9. The highest BCUT2D eigenvalue weighted by atomic mass is 32.1. The first-order valence-corrected chi connectivity index (χ1v) is 5.32. The summed E-state index contributed by atoms with van der Waals surface area (Å²) in [5, 5.41) is 10.4. The number of ketones is 1. The van der Waals surface area contributed by atoms with Gasteiger partial charge in [0, 0.05) is 5.92 Å². The van der Waals surface area contributed by atoms with E-state index >= 15 is 0 Å². The zero-order valence-electron chi connectivity index (χ0n) is 7.90. The second-order valence-corrected chi connectivity index (χ2v) is 3.99. The van der Waals surface area contributed by atoms with Crippen LogP contribution in [0.4, 0.5) is 0 Å². The van der Waals surface area contributed by atoms with Crippen LogP contribution < -0.4 is 0 Å². The SMILES string of the molecule is CCC(CC(=O)O)C(=O)c1cccs1. The molecule has 76 valence electrons. The van der Waals surface area contributed by atoms with Gasteiger partial charge in [-0.15, -0.1) is 11.3 Å². The van der Waals surface area contributed by atoms with Crippen molar-refractivity contribution in [2.24, 2.45) is 5.92 Å². The Bertz CT molecular complexity index is 316. The molecule has 0 aliphatic heterocycles. The zero-order valence-corrected chi connectivity index (χ0v) is 8.71. The van der Waals surface area contributed by atoms with E-state index in [9.17, 15) is 9.59 Å². The van der Waals surface area contributed by atoms with Gasteiger partial charge in [0.1, 0.15) is 0 Å². The third-order valence-electron chi connectivity index (χ3n) is 2.05. The Morgan fingerprint density at radius 2 is 2.29 bits per heavy atom. The maximum absolute atomic E-state index is 11.7. The van der Waals surface area contributed by atoms with Gasteiger partial charge in [0.25, 0.3) is 0 Å². The van der Waals surface area contributed by atoms with Crippen LogP contribution >= 0.6 is 11.3 Å². The average molecular weight is 212 g/mol. The topological polar surface area (TPSA) is 54.4 Å². The van der Waals surface area contributed by atoms with Crippen LogP contribution in [0.1, 0.15) is 29.4 Å². The van der Waals surface area contributed by atoms with Crippen LogP contribution in [0, 0.1) is 5.92 Å². The summed E-state index contributed by atoms with van der Waals surface area (Å²) in [6.45, 7) is 1.83. The smallest absolute Gasteiger partial charge is 0.304 e. The lowest BCUT2D eigenvalue weighted by atomic mass is 9.96. The summed E-state index contributed by atoms with van der Waals surface area (Å²) >= 11 is 1.36. The molecule has 14 heavy (non-hydrogen) atoms. The molecule has 1 atom stereocenters. The van der Waals surface area contributed by atoms with Crippen LogP contribution in [0.3, 0.4) is 0 Å². The molecule has 3 nitrogen and oxygen atoms in total.